The molecule has 1 unspecified atom stereocenters. The quantitative estimate of drug-likeness (QED) is 0.805. The van der Waals surface area contributed by atoms with Crippen LogP contribution in [0.5, 0.6) is 0 Å². The minimum Gasteiger partial charge on any atom is -0.481 e. The monoisotopic (exact) mass is 226 g/mol. The van der Waals surface area contributed by atoms with Gasteiger partial charge in [0.15, 0.2) is 0 Å². The van der Waals surface area contributed by atoms with Crippen LogP contribution in [0.25, 0.3) is 0 Å². The number of carboxylic acids is 1. The Labute approximate surface area is 97.2 Å². The first kappa shape index (κ1) is 11.9. The van der Waals surface area contributed by atoms with Gasteiger partial charge in [0.25, 0.3) is 0 Å². The highest BCUT2D eigenvalue weighted by molar-refractivity contribution is 5.67. The van der Waals surface area contributed by atoms with Crippen LogP contribution in [0.4, 0.5) is 0 Å². The van der Waals surface area contributed by atoms with Crippen LogP contribution >= 0.6 is 0 Å². The first-order chi connectivity index (χ1) is 7.44. The summed E-state index contributed by atoms with van der Waals surface area (Å²) < 4.78 is 5.88. The van der Waals surface area contributed by atoms with Gasteiger partial charge in [-0.15, -0.1) is 0 Å². The Morgan fingerprint density at radius 1 is 1.50 bits per heavy atom. The van der Waals surface area contributed by atoms with Gasteiger partial charge in [0.2, 0.25) is 0 Å². The van der Waals surface area contributed by atoms with Crippen molar-refractivity contribution in [3.8, 4) is 0 Å². The fourth-order valence-corrected chi connectivity index (χ4v) is 3.15. The van der Waals surface area contributed by atoms with E-state index < -0.39 is 5.97 Å². The summed E-state index contributed by atoms with van der Waals surface area (Å²) in [6, 6.07) is 0. The van der Waals surface area contributed by atoms with Crippen molar-refractivity contribution in [1.29, 1.82) is 0 Å². The van der Waals surface area contributed by atoms with E-state index in [2.05, 4.69) is 13.8 Å². The summed E-state index contributed by atoms with van der Waals surface area (Å²) >= 11 is 0. The Morgan fingerprint density at radius 2 is 2.19 bits per heavy atom. The predicted molar refractivity (Wildman–Crippen MR) is 61.3 cm³/mol. The molecule has 1 heterocycles. The maximum Gasteiger partial charge on any atom is 0.303 e. The molecule has 1 spiro atoms. The SMILES string of the molecule is CC(C)(CC(=O)O)C1CCOC2(CCC2)C1. The van der Waals surface area contributed by atoms with E-state index in [-0.39, 0.29) is 17.4 Å². The summed E-state index contributed by atoms with van der Waals surface area (Å²) in [5.41, 5.74) is 0.0247. The molecule has 2 fully saturated rings. The molecule has 3 heteroatoms. The lowest BCUT2D eigenvalue weighted by molar-refractivity contribution is -0.162. The van der Waals surface area contributed by atoms with Crippen molar-refractivity contribution in [2.75, 3.05) is 6.61 Å². The zero-order chi connectivity index (χ0) is 11.8. The van der Waals surface area contributed by atoms with Crippen LogP contribution in [0.15, 0.2) is 0 Å². The molecule has 92 valence electrons. The average molecular weight is 226 g/mol. The third-order valence-electron chi connectivity index (χ3n) is 4.47. The molecule has 1 aliphatic carbocycles. The molecule has 1 saturated carbocycles. The maximum atomic E-state index is 10.9. The van der Waals surface area contributed by atoms with E-state index in [0.29, 0.717) is 5.92 Å². The number of carboxylic acid groups (broad SMARTS) is 1. The average Bonchev–Trinajstić information content (AvgIpc) is 2.14. The molecular weight excluding hydrogens is 204 g/mol. The smallest absolute Gasteiger partial charge is 0.303 e. The van der Waals surface area contributed by atoms with Crippen molar-refractivity contribution in [2.45, 2.75) is 58.0 Å². The Balaban J connectivity index is 2.00. The van der Waals surface area contributed by atoms with Crippen LogP contribution in [0.1, 0.15) is 52.4 Å². The molecule has 0 aromatic heterocycles. The molecule has 3 nitrogen and oxygen atoms in total. The van der Waals surface area contributed by atoms with Gasteiger partial charge in [-0.2, -0.15) is 0 Å². The van der Waals surface area contributed by atoms with Crippen LogP contribution in [0.3, 0.4) is 0 Å². The number of ether oxygens (including phenoxy) is 1. The number of carbonyl (C=O) groups is 1. The summed E-state index contributed by atoms with van der Waals surface area (Å²) in [5, 5.41) is 8.95. The number of aliphatic carboxylic acids is 1. The lowest BCUT2D eigenvalue weighted by Gasteiger charge is -2.50. The lowest BCUT2D eigenvalue weighted by atomic mass is 9.64. The number of rotatable bonds is 3. The van der Waals surface area contributed by atoms with Gasteiger partial charge in [-0.25, -0.2) is 0 Å². The van der Waals surface area contributed by atoms with E-state index in [1.54, 1.807) is 0 Å². The zero-order valence-corrected chi connectivity index (χ0v) is 10.3. The minimum atomic E-state index is -0.681. The van der Waals surface area contributed by atoms with Crippen molar-refractivity contribution in [2.24, 2.45) is 11.3 Å². The van der Waals surface area contributed by atoms with E-state index in [0.717, 1.165) is 19.4 Å². The van der Waals surface area contributed by atoms with Gasteiger partial charge in [-0.05, 0) is 43.4 Å². The van der Waals surface area contributed by atoms with Gasteiger partial charge in [0.05, 0.1) is 12.0 Å². The van der Waals surface area contributed by atoms with E-state index in [4.69, 9.17) is 9.84 Å². The van der Waals surface area contributed by atoms with Gasteiger partial charge >= 0.3 is 5.97 Å². The summed E-state index contributed by atoms with van der Waals surface area (Å²) in [5.74, 6) is -0.184. The van der Waals surface area contributed by atoms with Crippen molar-refractivity contribution in [3.05, 3.63) is 0 Å². The Hall–Kier alpha value is -0.570. The molecule has 1 aliphatic heterocycles. The van der Waals surface area contributed by atoms with Crippen molar-refractivity contribution in [1.82, 2.24) is 0 Å². The second kappa shape index (κ2) is 4.02. The molecule has 2 rings (SSSR count). The van der Waals surface area contributed by atoms with E-state index in [9.17, 15) is 4.79 Å². The van der Waals surface area contributed by atoms with Crippen LogP contribution in [0.2, 0.25) is 0 Å². The van der Waals surface area contributed by atoms with Gasteiger partial charge < -0.3 is 9.84 Å². The van der Waals surface area contributed by atoms with Gasteiger partial charge in [0, 0.05) is 6.61 Å². The van der Waals surface area contributed by atoms with Crippen LogP contribution in [-0.4, -0.2) is 23.3 Å². The third kappa shape index (κ3) is 2.24. The molecule has 16 heavy (non-hydrogen) atoms. The van der Waals surface area contributed by atoms with Crippen LogP contribution < -0.4 is 0 Å². The first-order valence-corrected chi connectivity index (χ1v) is 6.29. The van der Waals surface area contributed by atoms with Crippen molar-refractivity contribution < 1.29 is 14.6 Å². The Morgan fingerprint density at radius 3 is 2.69 bits per heavy atom. The van der Waals surface area contributed by atoms with Gasteiger partial charge in [-0.1, -0.05) is 13.8 Å². The number of hydrogen-bond donors (Lipinski definition) is 1. The highest BCUT2D eigenvalue weighted by atomic mass is 16.5. The normalized spacial score (nSPS) is 28.8. The second-order valence-corrected chi connectivity index (χ2v) is 6.13. The molecule has 0 aromatic rings. The van der Waals surface area contributed by atoms with E-state index in [1.165, 1.54) is 19.3 Å². The third-order valence-corrected chi connectivity index (χ3v) is 4.47. The first-order valence-electron chi connectivity index (χ1n) is 6.29. The molecule has 0 radical (unpaired) electrons. The van der Waals surface area contributed by atoms with E-state index >= 15 is 0 Å². The Bertz CT molecular complexity index is 279. The fourth-order valence-electron chi connectivity index (χ4n) is 3.15. The highest BCUT2D eigenvalue weighted by Crippen LogP contribution is 2.49. The number of hydrogen-bond acceptors (Lipinski definition) is 2. The largest absolute Gasteiger partial charge is 0.481 e. The molecule has 1 atom stereocenters. The fraction of sp³-hybridized carbons (Fsp3) is 0.923. The molecule has 1 saturated heterocycles. The molecule has 0 aromatic carbocycles. The molecule has 0 bridgehead atoms. The zero-order valence-electron chi connectivity index (χ0n) is 10.3. The summed E-state index contributed by atoms with van der Waals surface area (Å²) in [4.78, 5) is 10.9. The van der Waals surface area contributed by atoms with Crippen molar-refractivity contribution >= 4 is 5.97 Å². The molecular formula is C13H22O3. The highest BCUT2D eigenvalue weighted by Gasteiger charge is 2.46. The summed E-state index contributed by atoms with van der Waals surface area (Å²) in [6.45, 7) is 4.99. The second-order valence-electron chi connectivity index (χ2n) is 6.13. The summed E-state index contributed by atoms with van der Waals surface area (Å²) in [7, 11) is 0. The molecule has 1 N–H and O–H groups in total. The molecule has 0 amide bonds. The molecule has 2 aliphatic rings. The minimum absolute atomic E-state index is 0.0990. The predicted octanol–water partition coefficient (Wildman–Crippen LogP) is 2.84. The topological polar surface area (TPSA) is 46.5 Å². The van der Waals surface area contributed by atoms with Gasteiger partial charge in [0.1, 0.15) is 0 Å². The van der Waals surface area contributed by atoms with Crippen LogP contribution in [-0.2, 0) is 9.53 Å². The standard InChI is InChI=1S/C13H22O3/c1-12(2,9-11(14)15)10-4-7-16-13(8-10)5-3-6-13/h10H,3-9H2,1-2H3,(H,14,15). The van der Waals surface area contributed by atoms with Gasteiger partial charge in [-0.3, -0.25) is 4.79 Å². The van der Waals surface area contributed by atoms with Crippen LogP contribution in [0, 0.1) is 11.3 Å². The Kier molecular flexibility index (Phi) is 2.99. The lowest BCUT2D eigenvalue weighted by Crippen LogP contribution is -2.48. The van der Waals surface area contributed by atoms with E-state index in [1.807, 2.05) is 0 Å². The summed E-state index contributed by atoms with van der Waals surface area (Å²) in [6.07, 6.45) is 5.97. The van der Waals surface area contributed by atoms with Crippen molar-refractivity contribution in [3.63, 3.8) is 0 Å². The maximum absolute atomic E-state index is 10.9.